The topological polar surface area (TPSA) is 103 Å². The number of aromatic nitrogens is 5. The quantitative estimate of drug-likeness (QED) is 0.401. The van der Waals surface area contributed by atoms with Crippen LogP contribution >= 0.6 is 0 Å². The molecule has 2 heterocycles. The minimum Gasteiger partial charge on any atom is -0.459 e. The third-order valence-corrected chi connectivity index (χ3v) is 4.33. The fourth-order valence-electron chi connectivity index (χ4n) is 3.01. The van der Waals surface area contributed by atoms with Gasteiger partial charge < -0.3 is 9.72 Å². The van der Waals surface area contributed by atoms with Crippen LogP contribution in [0.5, 0.6) is 0 Å². The fourth-order valence-corrected chi connectivity index (χ4v) is 3.01. The second-order valence-corrected chi connectivity index (χ2v) is 6.85. The number of rotatable bonds is 6. The number of esters is 1. The number of aromatic amines is 1. The highest BCUT2D eigenvalue weighted by Crippen LogP contribution is 2.19. The van der Waals surface area contributed by atoms with Gasteiger partial charge in [-0.25, -0.2) is 4.79 Å². The van der Waals surface area contributed by atoms with Crippen LogP contribution in [0, 0.1) is 0 Å². The Morgan fingerprint density at radius 2 is 1.97 bits per heavy atom. The van der Waals surface area contributed by atoms with Crippen LogP contribution in [0.1, 0.15) is 34.6 Å². The number of benzene rings is 2. The Hall–Kier alpha value is -3.81. The highest BCUT2D eigenvalue weighted by molar-refractivity contribution is 6.07. The maximum Gasteiger partial charge on any atom is 0.338 e. The summed E-state index contributed by atoms with van der Waals surface area (Å²) in [5.41, 5.74) is 2.50. The molecule has 1 N–H and O–H groups in total. The number of Topliss-reactive ketones (excluding diaryl/α,β-unsaturated/α-hetero) is 1. The number of tetrazole rings is 1. The third kappa shape index (κ3) is 3.91. The Morgan fingerprint density at radius 1 is 1.14 bits per heavy atom. The van der Waals surface area contributed by atoms with E-state index in [4.69, 9.17) is 4.74 Å². The predicted octanol–water partition coefficient (Wildman–Crippen LogP) is 3.27. The van der Waals surface area contributed by atoms with Crippen LogP contribution in [0.2, 0.25) is 0 Å². The molecule has 0 saturated heterocycles. The van der Waals surface area contributed by atoms with Crippen LogP contribution in [-0.2, 0) is 11.3 Å². The summed E-state index contributed by atoms with van der Waals surface area (Å²) in [5.74, 6) is -0.208. The Bertz CT molecular complexity index is 1190. The Balaban J connectivity index is 1.53. The lowest BCUT2D eigenvalue weighted by Gasteiger charge is -2.08. The van der Waals surface area contributed by atoms with Gasteiger partial charge in [-0.1, -0.05) is 30.3 Å². The molecule has 0 radical (unpaired) electrons. The molecule has 0 fully saturated rings. The standard InChI is InChI=1S/C21H19N5O3/c1-13(2)29-21(28)15-7-5-6-14(10-15)20-23-25-26(24-20)12-19(27)17-11-22-18-9-4-3-8-16(17)18/h3-11,13,22H,12H2,1-2H3. The van der Waals surface area contributed by atoms with Crippen molar-refractivity contribution in [3.63, 3.8) is 0 Å². The molecule has 0 aliphatic carbocycles. The summed E-state index contributed by atoms with van der Waals surface area (Å²) < 4.78 is 5.21. The third-order valence-electron chi connectivity index (χ3n) is 4.33. The van der Waals surface area contributed by atoms with Crippen molar-refractivity contribution in [2.24, 2.45) is 0 Å². The molecule has 4 rings (SSSR count). The van der Waals surface area contributed by atoms with Gasteiger partial charge in [-0.3, -0.25) is 4.79 Å². The Labute approximate surface area is 166 Å². The summed E-state index contributed by atoms with van der Waals surface area (Å²) in [5, 5.41) is 13.1. The molecule has 0 spiro atoms. The smallest absolute Gasteiger partial charge is 0.338 e. The van der Waals surface area contributed by atoms with Gasteiger partial charge in [0.25, 0.3) is 0 Å². The highest BCUT2D eigenvalue weighted by Gasteiger charge is 2.16. The van der Waals surface area contributed by atoms with E-state index in [1.165, 1.54) is 4.80 Å². The summed E-state index contributed by atoms with van der Waals surface area (Å²) in [6, 6.07) is 14.4. The summed E-state index contributed by atoms with van der Waals surface area (Å²) in [6.07, 6.45) is 1.48. The minimum absolute atomic E-state index is 0.0378. The van der Waals surface area contributed by atoms with E-state index in [2.05, 4.69) is 20.4 Å². The number of hydrogen-bond acceptors (Lipinski definition) is 6. The first-order valence-electron chi connectivity index (χ1n) is 9.20. The van der Waals surface area contributed by atoms with Gasteiger partial charge in [-0.15, -0.1) is 10.2 Å². The van der Waals surface area contributed by atoms with Crippen molar-refractivity contribution < 1.29 is 14.3 Å². The van der Waals surface area contributed by atoms with Gasteiger partial charge in [0.2, 0.25) is 5.82 Å². The zero-order chi connectivity index (χ0) is 20.4. The van der Waals surface area contributed by atoms with E-state index < -0.39 is 5.97 Å². The number of ether oxygens (including phenoxy) is 1. The number of ketones is 1. The number of carbonyl (C=O) groups is 2. The number of nitrogens with one attached hydrogen (secondary N) is 1. The van der Waals surface area contributed by atoms with E-state index in [0.717, 1.165) is 10.9 Å². The first-order chi connectivity index (χ1) is 14.0. The second kappa shape index (κ2) is 7.67. The molecule has 8 nitrogen and oxygen atoms in total. The SMILES string of the molecule is CC(C)OC(=O)c1cccc(-c2nnn(CC(=O)c3c[nH]c4ccccc34)n2)c1. The second-order valence-electron chi connectivity index (χ2n) is 6.85. The van der Waals surface area contributed by atoms with Crippen LogP contribution in [0.3, 0.4) is 0 Å². The van der Waals surface area contributed by atoms with E-state index in [1.807, 2.05) is 24.3 Å². The van der Waals surface area contributed by atoms with Gasteiger partial charge in [0, 0.05) is 28.2 Å². The first kappa shape index (κ1) is 18.5. The van der Waals surface area contributed by atoms with Gasteiger partial charge >= 0.3 is 5.97 Å². The zero-order valence-electron chi connectivity index (χ0n) is 16.0. The van der Waals surface area contributed by atoms with Crippen molar-refractivity contribution >= 4 is 22.7 Å². The summed E-state index contributed by atoms with van der Waals surface area (Å²) >= 11 is 0. The van der Waals surface area contributed by atoms with E-state index >= 15 is 0 Å². The van der Waals surface area contributed by atoms with Crippen LogP contribution in [0.4, 0.5) is 0 Å². The lowest BCUT2D eigenvalue weighted by Crippen LogP contribution is -2.13. The molecular formula is C21H19N5O3. The van der Waals surface area contributed by atoms with Gasteiger partial charge in [0.1, 0.15) is 6.54 Å². The van der Waals surface area contributed by atoms with Crippen LogP contribution in [0.15, 0.2) is 54.7 Å². The maximum absolute atomic E-state index is 12.7. The van der Waals surface area contributed by atoms with Crippen LogP contribution in [-0.4, -0.2) is 43.0 Å². The molecule has 0 atom stereocenters. The van der Waals surface area contributed by atoms with Gasteiger partial charge in [0.15, 0.2) is 5.78 Å². The molecule has 0 unspecified atom stereocenters. The number of para-hydroxylation sites is 1. The molecule has 0 saturated carbocycles. The van der Waals surface area contributed by atoms with Gasteiger partial charge in [-0.2, -0.15) is 4.80 Å². The monoisotopic (exact) mass is 389 g/mol. The van der Waals surface area contributed by atoms with Crippen molar-refractivity contribution in [2.45, 2.75) is 26.5 Å². The van der Waals surface area contributed by atoms with Crippen molar-refractivity contribution in [1.29, 1.82) is 0 Å². The molecule has 146 valence electrons. The molecule has 2 aromatic carbocycles. The number of hydrogen-bond donors (Lipinski definition) is 1. The van der Waals surface area contributed by atoms with Crippen LogP contribution in [0.25, 0.3) is 22.3 Å². The highest BCUT2D eigenvalue weighted by atomic mass is 16.5. The Morgan fingerprint density at radius 3 is 2.79 bits per heavy atom. The molecule has 0 aliphatic heterocycles. The number of nitrogens with zero attached hydrogens (tertiary/aromatic N) is 4. The molecule has 0 bridgehead atoms. The van der Waals surface area contributed by atoms with Crippen molar-refractivity contribution in [3.8, 4) is 11.4 Å². The molecule has 2 aromatic heterocycles. The molecular weight excluding hydrogens is 370 g/mol. The average molecular weight is 389 g/mol. The first-order valence-corrected chi connectivity index (χ1v) is 9.20. The van der Waals surface area contributed by atoms with E-state index in [-0.39, 0.29) is 18.4 Å². The minimum atomic E-state index is -0.413. The van der Waals surface area contributed by atoms with Crippen molar-refractivity contribution in [3.05, 3.63) is 65.9 Å². The Kier molecular flexibility index (Phi) is 4.90. The van der Waals surface area contributed by atoms with Crippen molar-refractivity contribution in [1.82, 2.24) is 25.2 Å². The largest absolute Gasteiger partial charge is 0.459 e. The predicted molar refractivity (Wildman–Crippen MR) is 106 cm³/mol. The lowest BCUT2D eigenvalue weighted by molar-refractivity contribution is 0.0378. The van der Waals surface area contributed by atoms with E-state index in [1.54, 1.807) is 44.3 Å². The van der Waals surface area contributed by atoms with Crippen molar-refractivity contribution in [2.75, 3.05) is 0 Å². The number of H-pyrrole nitrogens is 1. The van der Waals surface area contributed by atoms with Gasteiger partial charge in [-0.05, 0) is 37.3 Å². The summed E-state index contributed by atoms with van der Waals surface area (Å²) in [4.78, 5) is 29.1. The molecule has 29 heavy (non-hydrogen) atoms. The summed E-state index contributed by atoms with van der Waals surface area (Å²) in [7, 11) is 0. The molecule has 0 aliphatic rings. The molecule has 8 heteroatoms. The normalized spacial score (nSPS) is 11.1. The molecule has 0 amide bonds. The average Bonchev–Trinajstić information content (AvgIpc) is 3.34. The number of carbonyl (C=O) groups excluding carboxylic acids is 2. The fraction of sp³-hybridized carbons (Fsp3) is 0.190. The number of fused-ring (bicyclic) bond motifs is 1. The molecule has 4 aromatic rings. The van der Waals surface area contributed by atoms with E-state index in [0.29, 0.717) is 22.5 Å². The maximum atomic E-state index is 12.7. The van der Waals surface area contributed by atoms with E-state index in [9.17, 15) is 9.59 Å². The lowest BCUT2D eigenvalue weighted by atomic mass is 10.1. The zero-order valence-corrected chi connectivity index (χ0v) is 16.0. The van der Waals surface area contributed by atoms with Gasteiger partial charge in [0.05, 0.1) is 11.7 Å². The summed E-state index contributed by atoms with van der Waals surface area (Å²) in [6.45, 7) is 3.54. The van der Waals surface area contributed by atoms with Crippen LogP contribution < -0.4 is 0 Å².